The number of rotatable bonds is 6. The van der Waals surface area contributed by atoms with Gasteiger partial charge in [-0.15, -0.1) is 5.10 Å². The highest BCUT2D eigenvalue weighted by molar-refractivity contribution is 7.05. The quantitative estimate of drug-likeness (QED) is 0.887. The highest BCUT2D eigenvalue weighted by Gasteiger charge is 2.19. The van der Waals surface area contributed by atoms with E-state index in [1.165, 1.54) is 11.5 Å². The maximum atomic E-state index is 10.5. The van der Waals surface area contributed by atoms with Gasteiger partial charge in [0, 0.05) is 11.8 Å². The van der Waals surface area contributed by atoms with Crippen molar-refractivity contribution in [2.45, 2.75) is 45.8 Å². The van der Waals surface area contributed by atoms with Crippen LogP contribution in [0.2, 0.25) is 0 Å². The van der Waals surface area contributed by atoms with Gasteiger partial charge in [-0.3, -0.25) is 4.98 Å². The van der Waals surface area contributed by atoms with E-state index in [4.69, 9.17) is 4.74 Å². The highest BCUT2D eigenvalue weighted by atomic mass is 32.1. The van der Waals surface area contributed by atoms with Gasteiger partial charge in [-0.05, 0) is 37.9 Å². The van der Waals surface area contributed by atoms with Crippen molar-refractivity contribution in [3.05, 3.63) is 34.6 Å². The molecule has 2 rings (SSSR count). The summed E-state index contributed by atoms with van der Waals surface area (Å²) in [5, 5.41) is 14.6. The topological polar surface area (TPSA) is 68.1 Å². The predicted molar refractivity (Wildman–Crippen MR) is 78.0 cm³/mol. The zero-order valence-electron chi connectivity index (χ0n) is 11.9. The van der Waals surface area contributed by atoms with Crippen LogP contribution in [0.25, 0.3) is 0 Å². The summed E-state index contributed by atoms with van der Waals surface area (Å²) in [6.45, 7) is 5.99. The third kappa shape index (κ3) is 3.52. The molecule has 0 amide bonds. The Balaban J connectivity index is 2.23. The van der Waals surface area contributed by atoms with Crippen LogP contribution in [-0.2, 0) is 6.42 Å². The fraction of sp³-hybridized carbons (Fsp3) is 0.500. The Labute approximate surface area is 122 Å². The first kappa shape index (κ1) is 14.9. The minimum Gasteiger partial charge on any atom is -0.489 e. The summed E-state index contributed by atoms with van der Waals surface area (Å²) in [7, 11) is 0. The molecule has 0 aliphatic heterocycles. The second-order valence-corrected chi connectivity index (χ2v) is 5.64. The van der Waals surface area contributed by atoms with Crippen molar-refractivity contribution in [2.24, 2.45) is 0 Å². The van der Waals surface area contributed by atoms with Crippen molar-refractivity contribution < 1.29 is 9.84 Å². The number of aliphatic hydroxyl groups excluding tert-OH is 1. The average Bonchev–Trinajstić information content (AvgIpc) is 2.86. The van der Waals surface area contributed by atoms with Crippen LogP contribution >= 0.6 is 11.5 Å². The lowest BCUT2D eigenvalue weighted by Gasteiger charge is -2.13. The summed E-state index contributed by atoms with van der Waals surface area (Å²) >= 11 is 1.23. The number of hydrogen-bond donors (Lipinski definition) is 1. The number of aromatic nitrogens is 3. The maximum Gasteiger partial charge on any atom is 0.138 e. The van der Waals surface area contributed by atoms with Crippen LogP contribution in [0.5, 0.6) is 5.75 Å². The van der Waals surface area contributed by atoms with E-state index in [1.54, 1.807) is 12.4 Å². The van der Waals surface area contributed by atoms with Gasteiger partial charge in [-0.2, -0.15) is 0 Å². The summed E-state index contributed by atoms with van der Waals surface area (Å²) < 4.78 is 9.54. The first-order chi connectivity index (χ1) is 9.61. The van der Waals surface area contributed by atoms with Crippen LogP contribution in [0.1, 0.15) is 49.4 Å². The van der Waals surface area contributed by atoms with E-state index in [0.29, 0.717) is 11.3 Å². The summed E-state index contributed by atoms with van der Waals surface area (Å²) in [5.41, 5.74) is 1.56. The van der Waals surface area contributed by atoms with Gasteiger partial charge in [-0.25, -0.2) is 0 Å². The summed E-state index contributed by atoms with van der Waals surface area (Å²) in [5.74, 6) is 0.658. The van der Waals surface area contributed by atoms with E-state index in [9.17, 15) is 5.11 Å². The molecule has 0 saturated carbocycles. The van der Waals surface area contributed by atoms with E-state index >= 15 is 0 Å². The molecule has 5 nitrogen and oxygen atoms in total. The van der Waals surface area contributed by atoms with Gasteiger partial charge >= 0.3 is 0 Å². The van der Waals surface area contributed by atoms with Crippen LogP contribution in [0.4, 0.5) is 0 Å². The van der Waals surface area contributed by atoms with Crippen molar-refractivity contribution in [3.63, 3.8) is 0 Å². The molecule has 20 heavy (non-hydrogen) atoms. The Kier molecular flexibility index (Phi) is 5.03. The Bertz CT molecular complexity index is 557. The molecule has 0 spiro atoms. The van der Waals surface area contributed by atoms with Crippen molar-refractivity contribution in [1.29, 1.82) is 0 Å². The molecule has 0 aliphatic carbocycles. The molecule has 1 N–H and O–H groups in total. The van der Waals surface area contributed by atoms with Gasteiger partial charge in [0.1, 0.15) is 11.9 Å². The molecule has 1 unspecified atom stereocenters. The fourth-order valence-electron chi connectivity index (χ4n) is 1.91. The number of hydrogen-bond acceptors (Lipinski definition) is 6. The van der Waals surface area contributed by atoms with Crippen molar-refractivity contribution >= 4 is 11.5 Å². The van der Waals surface area contributed by atoms with Crippen LogP contribution in [0, 0.1) is 0 Å². The van der Waals surface area contributed by atoms with Gasteiger partial charge < -0.3 is 9.84 Å². The molecule has 0 fully saturated rings. The molecule has 0 radical (unpaired) electrons. The van der Waals surface area contributed by atoms with E-state index < -0.39 is 6.10 Å². The minimum atomic E-state index is -0.750. The molecule has 6 heteroatoms. The number of ether oxygens (including phenoxy) is 1. The van der Waals surface area contributed by atoms with Gasteiger partial charge in [0.05, 0.1) is 22.9 Å². The molecule has 2 aromatic rings. The lowest BCUT2D eigenvalue weighted by Crippen LogP contribution is -2.07. The highest BCUT2D eigenvalue weighted by Crippen LogP contribution is 2.29. The lowest BCUT2D eigenvalue weighted by molar-refractivity contribution is 0.217. The molecule has 0 bridgehead atoms. The molecule has 108 valence electrons. The standard InChI is InChI=1S/C14H19N3O2S/c1-4-5-12-14(20-17-16-12)13(18)10-6-11(8-15-7-10)19-9(2)3/h6-9,13,18H,4-5H2,1-3H3. The van der Waals surface area contributed by atoms with E-state index in [2.05, 4.69) is 21.5 Å². The lowest BCUT2D eigenvalue weighted by atomic mass is 10.1. The maximum absolute atomic E-state index is 10.5. The van der Waals surface area contributed by atoms with Gasteiger partial charge in [-0.1, -0.05) is 17.8 Å². The van der Waals surface area contributed by atoms with Crippen LogP contribution in [0.3, 0.4) is 0 Å². The number of aliphatic hydroxyl groups is 1. The third-order valence-corrected chi connectivity index (χ3v) is 3.56. The number of pyridine rings is 1. The second kappa shape index (κ2) is 6.76. The van der Waals surface area contributed by atoms with E-state index in [1.807, 2.05) is 19.9 Å². The molecule has 2 aromatic heterocycles. The van der Waals surface area contributed by atoms with Crippen LogP contribution in [0.15, 0.2) is 18.5 Å². The van der Waals surface area contributed by atoms with Crippen LogP contribution in [-0.4, -0.2) is 25.8 Å². The molecule has 0 saturated heterocycles. The first-order valence-corrected chi connectivity index (χ1v) is 7.50. The SMILES string of the molecule is CCCc1nnsc1C(O)c1cncc(OC(C)C)c1. The summed E-state index contributed by atoms with van der Waals surface area (Å²) in [4.78, 5) is 4.91. The van der Waals surface area contributed by atoms with Gasteiger partial charge in [0.15, 0.2) is 0 Å². The van der Waals surface area contributed by atoms with Crippen molar-refractivity contribution in [2.75, 3.05) is 0 Å². The molecule has 2 heterocycles. The van der Waals surface area contributed by atoms with Crippen LogP contribution < -0.4 is 4.74 Å². The normalized spacial score (nSPS) is 12.7. The molecule has 0 aliphatic rings. The second-order valence-electron chi connectivity index (χ2n) is 4.86. The van der Waals surface area contributed by atoms with Crippen molar-refractivity contribution in [1.82, 2.24) is 14.6 Å². The first-order valence-electron chi connectivity index (χ1n) is 6.72. The Morgan fingerprint density at radius 2 is 2.15 bits per heavy atom. The average molecular weight is 293 g/mol. The summed E-state index contributed by atoms with van der Waals surface area (Å²) in [6.07, 6.45) is 4.41. The fourth-order valence-corrected chi connectivity index (χ4v) is 2.62. The molecular formula is C14H19N3O2S. The molecular weight excluding hydrogens is 274 g/mol. The van der Waals surface area contributed by atoms with E-state index in [0.717, 1.165) is 23.4 Å². The third-order valence-electron chi connectivity index (χ3n) is 2.74. The monoisotopic (exact) mass is 293 g/mol. The Morgan fingerprint density at radius 3 is 2.85 bits per heavy atom. The number of nitrogens with zero attached hydrogens (tertiary/aromatic N) is 3. The zero-order chi connectivity index (χ0) is 14.5. The zero-order valence-corrected chi connectivity index (χ0v) is 12.7. The Hall–Kier alpha value is -1.53. The van der Waals surface area contributed by atoms with Crippen molar-refractivity contribution in [3.8, 4) is 5.75 Å². The predicted octanol–water partition coefficient (Wildman–Crippen LogP) is 2.75. The summed E-state index contributed by atoms with van der Waals surface area (Å²) in [6, 6.07) is 1.81. The van der Waals surface area contributed by atoms with E-state index in [-0.39, 0.29) is 6.10 Å². The largest absolute Gasteiger partial charge is 0.489 e. The number of aryl methyl sites for hydroxylation is 1. The van der Waals surface area contributed by atoms with Gasteiger partial charge in [0.25, 0.3) is 0 Å². The smallest absolute Gasteiger partial charge is 0.138 e. The molecule has 1 atom stereocenters. The van der Waals surface area contributed by atoms with Gasteiger partial charge in [0.2, 0.25) is 0 Å². The molecule has 0 aromatic carbocycles. The minimum absolute atomic E-state index is 0.0740. The Morgan fingerprint density at radius 1 is 1.35 bits per heavy atom.